The van der Waals surface area contributed by atoms with Gasteiger partial charge in [0.1, 0.15) is 0 Å². The zero-order valence-corrected chi connectivity index (χ0v) is 10.7. The molecule has 0 unspecified atom stereocenters. The van der Waals surface area contributed by atoms with Gasteiger partial charge in [0.2, 0.25) is 0 Å². The molecule has 0 aliphatic carbocycles. The van der Waals surface area contributed by atoms with E-state index in [0.29, 0.717) is 11.1 Å². The fourth-order valence-corrected chi connectivity index (χ4v) is 1.89. The first kappa shape index (κ1) is 14.8. The van der Waals surface area contributed by atoms with Crippen LogP contribution in [0.4, 0.5) is 0 Å². The molecule has 0 saturated carbocycles. The third kappa shape index (κ3) is 3.28. The molecule has 0 atom stereocenters. The maximum Gasteiger partial charge on any atom is 0.488 e. The highest BCUT2D eigenvalue weighted by Crippen LogP contribution is 2.22. The molecule has 0 saturated heterocycles. The SMILES string of the molecule is O=C(O)c1cc(C(=O)O)cc(-c2ccc(B(O)O)cc2)c1. The average molecular weight is 286 g/mol. The smallest absolute Gasteiger partial charge is 0.478 e. The summed E-state index contributed by atoms with van der Waals surface area (Å²) in [5.74, 6) is -2.44. The molecule has 0 bridgehead atoms. The molecule has 0 aliphatic rings. The van der Waals surface area contributed by atoms with E-state index in [1.165, 1.54) is 24.3 Å². The van der Waals surface area contributed by atoms with E-state index >= 15 is 0 Å². The molecule has 0 aliphatic heterocycles. The van der Waals surface area contributed by atoms with Crippen LogP contribution < -0.4 is 5.46 Å². The van der Waals surface area contributed by atoms with Crippen LogP contribution in [-0.4, -0.2) is 39.3 Å². The van der Waals surface area contributed by atoms with E-state index in [0.717, 1.165) is 6.07 Å². The predicted octanol–water partition coefficient (Wildman–Crippen LogP) is 0.430. The van der Waals surface area contributed by atoms with Crippen LogP contribution in [0.2, 0.25) is 0 Å². The molecule has 0 fully saturated rings. The first-order valence-corrected chi connectivity index (χ1v) is 5.96. The second-order valence-corrected chi connectivity index (χ2v) is 4.41. The molecule has 2 aromatic carbocycles. The predicted molar refractivity (Wildman–Crippen MR) is 75.6 cm³/mol. The van der Waals surface area contributed by atoms with Gasteiger partial charge in [-0.3, -0.25) is 0 Å². The number of hydrogen-bond donors (Lipinski definition) is 4. The Morgan fingerprint density at radius 3 is 1.62 bits per heavy atom. The minimum Gasteiger partial charge on any atom is -0.478 e. The molecule has 4 N–H and O–H groups in total. The molecule has 0 spiro atoms. The summed E-state index contributed by atoms with van der Waals surface area (Å²) in [5.41, 5.74) is 1.02. The summed E-state index contributed by atoms with van der Waals surface area (Å²) < 4.78 is 0. The molecule has 21 heavy (non-hydrogen) atoms. The van der Waals surface area contributed by atoms with Gasteiger partial charge in [0.05, 0.1) is 11.1 Å². The monoisotopic (exact) mass is 286 g/mol. The standard InChI is InChI=1S/C14H11BO6/c16-13(17)10-5-9(6-11(7-10)14(18)19)8-1-3-12(4-2-8)15(20)21/h1-7,20-21H,(H,16,17)(H,18,19). The van der Waals surface area contributed by atoms with Gasteiger partial charge in [-0.15, -0.1) is 0 Å². The Morgan fingerprint density at radius 1 is 0.762 bits per heavy atom. The van der Waals surface area contributed by atoms with Crippen LogP contribution in [0.25, 0.3) is 11.1 Å². The van der Waals surface area contributed by atoms with Crippen molar-refractivity contribution in [3.8, 4) is 11.1 Å². The summed E-state index contributed by atoms with van der Waals surface area (Å²) in [7, 11) is -1.60. The van der Waals surface area contributed by atoms with Crippen molar-refractivity contribution in [2.75, 3.05) is 0 Å². The molecule has 0 heterocycles. The Bertz CT molecular complexity index is 661. The minimum absolute atomic E-state index is 0.129. The molecule has 0 amide bonds. The Morgan fingerprint density at radius 2 is 1.24 bits per heavy atom. The molecule has 2 rings (SSSR count). The van der Waals surface area contributed by atoms with Gasteiger partial charge >= 0.3 is 19.1 Å². The molecule has 0 aromatic heterocycles. The maximum absolute atomic E-state index is 11.0. The second-order valence-electron chi connectivity index (χ2n) is 4.41. The van der Waals surface area contributed by atoms with Crippen LogP contribution in [-0.2, 0) is 0 Å². The van der Waals surface area contributed by atoms with Crippen molar-refractivity contribution in [3.05, 3.63) is 53.6 Å². The number of aromatic carboxylic acids is 2. The summed E-state index contributed by atoms with van der Waals surface area (Å²) in [4.78, 5) is 22.1. The van der Waals surface area contributed by atoms with Crippen molar-refractivity contribution in [1.82, 2.24) is 0 Å². The van der Waals surface area contributed by atoms with Crippen LogP contribution in [0.15, 0.2) is 42.5 Å². The topological polar surface area (TPSA) is 115 Å². The first-order valence-electron chi connectivity index (χ1n) is 5.96. The van der Waals surface area contributed by atoms with E-state index in [2.05, 4.69) is 0 Å². The number of benzene rings is 2. The van der Waals surface area contributed by atoms with E-state index in [9.17, 15) is 9.59 Å². The summed E-state index contributed by atoms with van der Waals surface area (Å²) in [6.07, 6.45) is 0. The summed E-state index contributed by atoms with van der Waals surface area (Å²) in [6, 6.07) is 9.85. The minimum atomic E-state index is -1.60. The highest BCUT2D eigenvalue weighted by molar-refractivity contribution is 6.58. The summed E-state index contributed by atoms with van der Waals surface area (Å²) in [6.45, 7) is 0. The van der Waals surface area contributed by atoms with E-state index in [1.54, 1.807) is 12.1 Å². The first-order chi connectivity index (χ1) is 9.88. The fraction of sp³-hybridized carbons (Fsp3) is 0. The lowest BCUT2D eigenvalue weighted by atomic mass is 9.80. The largest absolute Gasteiger partial charge is 0.488 e. The Balaban J connectivity index is 2.51. The van der Waals surface area contributed by atoms with Crippen molar-refractivity contribution < 1.29 is 29.9 Å². The molecular weight excluding hydrogens is 275 g/mol. The van der Waals surface area contributed by atoms with Crippen LogP contribution in [0.3, 0.4) is 0 Å². The van der Waals surface area contributed by atoms with E-state index < -0.39 is 19.1 Å². The van der Waals surface area contributed by atoms with Gasteiger partial charge in [0, 0.05) is 0 Å². The quantitative estimate of drug-likeness (QED) is 0.606. The molecule has 2 aromatic rings. The van der Waals surface area contributed by atoms with Crippen LogP contribution in [0.5, 0.6) is 0 Å². The van der Waals surface area contributed by atoms with Crippen molar-refractivity contribution in [1.29, 1.82) is 0 Å². The Labute approximate surface area is 120 Å². The second kappa shape index (κ2) is 5.78. The van der Waals surface area contributed by atoms with Gasteiger partial charge in [0.25, 0.3) is 0 Å². The summed E-state index contributed by atoms with van der Waals surface area (Å²) >= 11 is 0. The number of hydrogen-bond acceptors (Lipinski definition) is 4. The normalized spacial score (nSPS) is 10.2. The molecule has 7 heteroatoms. The van der Waals surface area contributed by atoms with E-state index in [4.69, 9.17) is 20.3 Å². The highest BCUT2D eigenvalue weighted by Gasteiger charge is 2.14. The molecule has 0 radical (unpaired) electrons. The molecule has 6 nitrogen and oxygen atoms in total. The van der Waals surface area contributed by atoms with Gasteiger partial charge in [0.15, 0.2) is 0 Å². The van der Waals surface area contributed by atoms with Gasteiger partial charge in [-0.05, 0) is 34.8 Å². The lowest BCUT2D eigenvalue weighted by Crippen LogP contribution is -2.29. The van der Waals surface area contributed by atoms with E-state index in [1.807, 2.05) is 0 Å². The van der Waals surface area contributed by atoms with Gasteiger partial charge in [-0.2, -0.15) is 0 Å². The van der Waals surface area contributed by atoms with Crippen molar-refractivity contribution >= 4 is 24.5 Å². The number of carboxylic acids is 2. The number of rotatable bonds is 4. The van der Waals surface area contributed by atoms with Gasteiger partial charge < -0.3 is 20.3 Å². The number of carbonyl (C=O) groups is 2. The number of carboxylic acid groups (broad SMARTS) is 2. The molecular formula is C14H11BO6. The van der Waals surface area contributed by atoms with Gasteiger partial charge in [-0.25, -0.2) is 9.59 Å². The Hall–Kier alpha value is -2.64. The van der Waals surface area contributed by atoms with Gasteiger partial charge in [-0.1, -0.05) is 24.3 Å². The van der Waals surface area contributed by atoms with Crippen LogP contribution >= 0.6 is 0 Å². The maximum atomic E-state index is 11.0. The zero-order chi connectivity index (χ0) is 15.6. The van der Waals surface area contributed by atoms with Crippen molar-refractivity contribution in [3.63, 3.8) is 0 Å². The highest BCUT2D eigenvalue weighted by atomic mass is 16.4. The lowest BCUT2D eigenvalue weighted by Gasteiger charge is -2.07. The average Bonchev–Trinajstić information content (AvgIpc) is 2.46. The zero-order valence-electron chi connectivity index (χ0n) is 10.7. The molecule has 106 valence electrons. The van der Waals surface area contributed by atoms with Crippen LogP contribution in [0.1, 0.15) is 20.7 Å². The lowest BCUT2D eigenvalue weighted by molar-refractivity contribution is 0.0696. The Kier molecular flexibility index (Phi) is 4.06. The van der Waals surface area contributed by atoms with E-state index in [-0.39, 0.29) is 16.6 Å². The fourth-order valence-electron chi connectivity index (χ4n) is 1.89. The summed E-state index contributed by atoms with van der Waals surface area (Å²) in [5, 5.41) is 36.1. The third-order valence-corrected chi connectivity index (χ3v) is 2.97. The van der Waals surface area contributed by atoms with Crippen molar-refractivity contribution in [2.24, 2.45) is 0 Å². The van der Waals surface area contributed by atoms with Crippen molar-refractivity contribution in [2.45, 2.75) is 0 Å². The third-order valence-electron chi connectivity index (χ3n) is 2.97. The van der Waals surface area contributed by atoms with Crippen LogP contribution in [0, 0.1) is 0 Å².